The van der Waals surface area contributed by atoms with E-state index in [2.05, 4.69) is 34.9 Å². The molecule has 1 aliphatic heterocycles. The van der Waals surface area contributed by atoms with E-state index in [4.69, 9.17) is 0 Å². The Morgan fingerprint density at radius 2 is 2.10 bits per heavy atom. The summed E-state index contributed by atoms with van der Waals surface area (Å²) in [5.41, 5.74) is 2.25. The highest BCUT2D eigenvalue weighted by Gasteiger charge is 2.24. The van der Waals surface area contributed by atoms with E-state index >= 15 is 0 Å². The van der Waals surface area contributed by atoms with Crippen LogP contribution in [0.25, 0.3) is 0 Å². The van der Waals surface area contributed by atoms with Crippen molar-refractivity contribution in [2.75, 3.05) is 18.4 Å². The smallest absolute Gasteiger partial charge is 0.225 e. The third kappa shape index (κ3) is 3.10. The van der Waals surface area contributed by atoms with Gasteiger partial charge in [0.1, 0.15) is 0 Å². The number of anilines is 1. The number of hydrogen-bond acceptors (Lipinski definition) is 2. The van der Waals surface area contributed by atoms with Crippen LogP contribution in [-0.2, 0) is 4.79 Å². The summed E-state index contributed by atoms with van der Waals surface area (Å²) in [7, 11) is 0. The summed E-state index contributed by atoms with van der Waals surface area (Å²) < 4.78 is 0. The van der Waals surface area contributed by atoms with Crippen LogP contribution in [0.1, 0.15) is 37.2 Å². The van der Waals surface area contributed by atoms with Gasteiger partial charge in [0.25, 0.3) is 0 Å². The minimum atomic E-state index is 0.135. The molecule has 3 nitrogen and oxygen atoms in total. The number of carbonyl (C=O) groups is 1. The summed E-state index contributed by atoms with van der Waals surface area (Å²) in [6, 6.07) is 8.15. The first-order valence-electron chi connectivity index (χ1n) is 7.57. The number of amides is 1. The van der Waals surface area contributed by atoms with Gasteiger partial charge in [-0.2, -0.15) is 0 Å². The molecule has 3 rings (SSSR count). The van der Waals surface area contributed by atoms with E-state index in [1.54, 1.807) is 0 Å². The maximum atomic E-state index is 11.8. The Bertz CT molecular complexity index is 509. The summed E-state index contributed by atoms with van der Waals surface area (Å²) in [5.74, 6) is 1.20. The molecule has 1 amide bonds. The average molecular weight is 270 g/mol. The molecular formula is C17H22N2O. The Balaban J connectivity index is 1.57. The SMILES string of the molecule is O=C1C[C@H](CNC[C@H]2CC=CCC2)c2ccccc2N1. The number of fused-ring (bicyclic) bond motifs is 1. The zero-order valence-electron chi connectivity index (χ0n) is 11.8. The predicted octanol–water partition coefficient (Wildman–Crippen LogP) is 3.06. The molecule has 106 valence electrons. The van der Waals surface area contributed by atoms with Crippen LogP contribution in [0.15, 0.2) is 36.4 Å². The van der Waals surface area contributed by atoms with Crippen molar-refractivity contribution in [2.45, 2.75) is 31.6 Å². The lowest BCUT2D eigenvalue weighted by molar-refractivity contribution is -0.116. The van der Waals surface area contributed by atoms with Crippen molar-refractivity contribution in [3.05, 3.63) is 42.0 Å². The molecule has 0 spiro atoms. The number of benzene rings is 1. The fourth-order valence-electron chi connectivity index (χ4n) is 3.19. The molecule has 20 heavy (non-hydrogen) atoms. The molecule has 0 fully saturated rings. The first-order chi connectivity index (χ1) is 9.83. The minimum absolute atomic E-state index is 0.135. The van der Waals surface area contributed by atoms with Gasteiger partial charge in [-0.1, -0.05) is 30.4 Å². The van der Waals surface area contributed by atoms with Gasteiger partial charge < -0.3 is 10.6 Å². The van der Waals surface area contributed by atoms with Crippen molar-refractivity contribution >= 4 is 11.6 Å². The van der Waals surface area contributed by atoms with Crippen molar-refractivity contribution in [2.24, 2.45) is 5.92 Å². The third-order valence-corrected chi connectivity index (χ3v) is 4.31. The van der Waals surface area contributed by atoms with Gasteiger partial charge in [-0.05, 0) is 43.4 Å². The van der Waals surface area contributed by atoms with E-state index in [-0.39, 0.29) is 5.91 Å². The number of para-hydroxylation sites is 1. The molecule has 0 aromatic heterocycles. The van der Waals surface area contributed by atoms with Gasteiger partial charge in [0.2, 0.25) is 5.91 Å². The third-order valence-electron chi connectivity index (χ3n) is 4.31. The molecule has 2 aliphatic rings. The molecule has 1 aromatic carbocycles. The summed E-state index contributed by atoms with van der Waals surface area (Å²) in [4.78, 5) is 11.8. The van der Waals surface area contributed by atoms with Crippen LogP contribution < -0.4 is 10.6 Å². The first-order valence-corrected chi connectivity index (χ1v) is 7.57. The Morgan fingerprint density at radius 3 is 2.95 bits per heavy atom. The Morgan fingerprint density at radius 1 is 1.20 bits per heavy atom. The standard InChI is InChI=1S/C17H22N2O/c20-17-10-14(15-8-4-5-9-16(15)19-17)12-18-11-13-6-2-1-3-7-13/h1-2,4-5,8-9,13-14,18H,3,6-7,10-12H2,(H,19,20)/t13-,14+/m0/s1. The Kier molecular flexibility index (Phi) is 4.16. The second-order valence-corrected chi connectivity index (χ2v) is 5.85. The van der Waals surface area contributed by atoms with Gasteiger partial charge in [-0.15, -0.1) is 0 Å². The van der Waals surface area contributed by atoms with Gasteiger partial charge in [0.15, 0.2) is 0 Å². The zero-order chi connectivity index (χ0) is 13.8. The highest BCUT2D eigenvalue weighted by Crippen LogP contribution is 2.31. The Hall–Kier alpha value is -1.61. The monoisotopic (exact) mass is 270 g/mol. The van der Waals surface area contributed by atoms with E-state index < -0.39 is 0 Å². The molecule has 0 saturated heterocycles. The van der Waals surface area contributed by atoms with E-state index in [1.165, 1.54) is 24.8 Å². The van der Waals surface area contributed by atoms with Crippen LogP contribution >= 0.6 is 0 Å². The molecule has 0 saturated carbocycles. The number of carbonyl (C=O) groups excluding carboxylic acids is 1. The van der Waals surface area contributed by atoms with Gasteiger partial charge in [0, 0.05) is 24.6 Å². The number of allylic oxidation sites excluding steroid dienone is 2. The van der Waals surface area contributed by atoms with Crippen molar-refractivity contribution < 1.29 is 4.79 Å². The fraction of sp³-hybridized carbons (Fsp3) is 0.471. The van der Waals surface area contributed by atoms with Crippen molar-refractivity contribution in [3.63, 3.8) is 0 Å². The maximum absolute atomic E-state index is 11.8. The molecule has 2 atom stereocenters. The Labute approximate surface area is 120 Å². The predicted molar refractivity (Wildman–Crippen MR) is 81.8 cm³/mol. The van der Waals surface area contributed by atoms with E-state index in [0.29, 0.717) is 12.3 Å². The molecule has 3 heteroatoms. The lowest BCUT2D eigenvalue weighted by Crippen LogP contribution is -2.32. The number of rotatable bonds is 4. The number of nitrogens with one attached hydrogen (secondary N) is 2. The van der Waals surface area contributed by atoms with E-state index in [1.807, 2.05) is 12.1 Å². The molecule has 1 aliphatic carbocycles. The topological polar surface area (TPSA) is 41.1 Å². The van der Waals surface area contributed by atoms with Gasteiger partial charge in [-0.3, -0.25) is 4.79 Å². The van der Waals surface area contributed by atoms with Gasteiger partial charge >= 0.3 is 0 Å². The lowest BCUT2D eigenvalue weighted by atomic mass is 9.90. The minimum Gasteiger partial charge on any atom is -0.326 e. The van der Waals surface area contributed by atoms with Crippen LogP contribution in [0.3, 0.4) is 0 Å². The highest BCUT2D eigenvalue weighted by atomic mass is 16.1. The largest absolute Gasteiger partial charge is 0.326 e. The normalized spacial score (nSPS) is 25.1. The van der Waals surface area contributed by atoms with Crippen LogP contribution in [0.2, 0.25) is 0 Å². The van der Waals surface area contributed by atoms with Crippen LogP contribution in [0, 0.1) is 5.92 Å². The maximum Gasteiger partial charge on any atom is 0.225 e. The van der Waals surface area contributed by atoms with Crippen LogP contribution in [0.4, 0.5) is 5.69 Å². The molecule has 0 unspecified atom stereocenters. The molecule has 0 radical (unpaired) electrons. The van der Waals surface area contributed by atoms with Crippen molar-refractivity contribution in [3.8, 4) is 0 Å². The molecule has 0 bridgehead atoms. The molecule has 1 heterocycles. The molecular weight excluding hydrogens is 248 g/mol. The highest BCUT2D eigenvalue weighted by molar-refractivity contribution is 5.94. The van der Waals surface area contributed by atoms with Gasteiger partial charge in [-0.25, -0.2) is 0 Å². The first kappa shape index (κ1) is 13.4. The lowest BCUT2D eigenvalue weighted by Gasteiger charge is -2.27. The fourth-order valence-corrected chi connectivity index (χ4v) is 3.19. The second-order valence-electron chi connectivity index (χ2n) is 5.85. The summed E-state index contributed by atoms with van der Waals surface area (Å²) in [6.07, 6.45) is 8.84. The summed E-state index contributed by atoms with van der Waals surface area (Å²) >= 11 is 0. The summed E-state index contributed by atoms with van der Waals surface area (Å²) in [6.45, 7) is 1.95. The average Bonchev–Trinajstić information content (AvgIpc) is 2.48. The van der Waals surface area contributed by atoms with Crippen LogP contribution in [0.5, 0.6) is 0 Å². The van der Waals surface area contributed by atoms with Crippen molar-refractivity contribution in [1.82, 2.24) is 5.32 Å². The van der Waals surface area contributed by atoms with E-state index in [9.17, 15) is 4.79 Å². The summed E-state index contributed by atoms with van der Waals surface area (Å²) in [5, 5.41) is 6.53. The quantitative estimate of drug-likeness (QED) is 0.826. The van der Waals surface area contributed by atoms with Crippen LogP contribution in [-0.4, -0.2) is 19.0 Å². The number of hydrogen-bond donors (Lipinski definition) is 2. The van der Waals surface area contributed by atoms with E-state index in [0.717, 1.165) is 24.7 Å². The van der Waals surface area contributed by atoms with Gasteiger partial charge in [0.05, 0.1) is 0 Å². The molecule has 1 aromatic rings. The van der Waals surface area contributed by atoms with Crippen molar-refractivity contribution in [1.29, 1.82) is 0 Å². The zero-order valence-corrected chi connectivity index (χ0v) is 11.8. The second kappa shape index (κ2) is 6.23. The molecule has 2 N–H and O–H groups in total.